The molecule has 36 heavy (non-hydrogen) atoms. The SMILES string of the molecule is CCCCn1cc(C(=O)NCc2ccccc2)c(=O)c2ccc(OCCOCCOCCOC)cc21. The zero-order chi connectivity index (χ0) is 25.6. The lowest BCUT2D eigenvalue weighted by molar-refractivity contribution is 0.0180. The first-order chi connectivity index (χ1) is 17.6. The minimum atomic E-state index is -0.375. The molecule has 1 N–H and O–H groups in total. The van der Waals surface area contributed by atoms with E-state index in [1.54, 1.807) is 25.4 Å². The fraction of sp³-hybridized carbons (Fsp3) is 0.429. The number of nitrogens with one attached hydrogen (secondary N) is 1. The molecule has 0 aliphatic rings. The molecule has 3 rings (SSSR count). The number of methoxy groups -OCH3 is 1. The van der Waals surface area contributed by atoms with Crippen LogP contribution in [0.15, 0.2) is 59.5 Å². The van der Waals surface area contributed by atoms with Gasteiger partial charge in [-0.25, -0.2) is 0 Å². The minimum absolute atomic E-state index is 0.143. The van der Waals surface area contributed by atoms with E-state index in [4.69, 9.17) is 18.9 Å². The van der Waals surface area contributed by atoms with Crippen LogP contribution in [0.4, 0.5) is 0 Å². The Morgan fingerprint density at radius 2 is 1.67 bits per heavy atom. The summed E-state index contributed by atoms with van der Waals surface area (Å²) >= 11 is 0. The average Bonchev–Trinajstić information content (AvgIpc) is 2.91. The van der Waals surface area contributed by atoms with Gasteiger partial charge in [0.15, 0.2) is 0 Å². The zero-order valence-corrected chi connectivity index (χ0v) is 21.2. The molecule has 0 radical (unpaired) electrons. The third kappa shape index (κ3) is 8.19. The van der Waals surface area contributed by atoms with Crippen LogP contribution in [0.5, 0.6) is 5.75 Å². The van der Waals surface area contributed by atoms with Crippen molar-refractivity contribution in [2.75, 3.05) is 46.8 Å². The number of pyridine rings is 1. The maximum Gasteiger partial charge on any atom is 0.257 e. The fourth-order valence-corrected chi connectivity index (χ4v) is 3.69. The molecule has 0 fully saturated rings. The van der Waals surface area contributed by atoms with Gasteiger partial charge in [0.05, 0.1) is 38.6 Å². The molecule has 1 aromatic heterocycles. The van der Waals surface area contributed by atoms with Crippen molar-refractivity contribution in [3.8, 4) is 5.75 Å². The molecular weight excluding hydrogens is 460 g/mol. The Bertz CT molecular complexity index is 1150. The van der Waals surface area contributed by atoms with E-state index in [9.17, 15) is 9.59 Å². The number of amides is 1. The first-order valence-corrected chi connectivity index (χ1v) is 12.4. The molecular formula is C28H36N2O6. The van der Waals surface area contributed by atoms with Crippen LogP contribution in [-0.4, -0.2) is 57.2 Å². The second-order valence-electron chi connectivity index (χ2n) is 8.33. The quantitative estimate of drug-likeness (QED) is 0.304. The normalized spacial score (nSPS) is 11.1. The van der Waals surface area contributed by atoms with Crippen molar-refractivity contribution in [1.82, 2.24) is 9.88 Å². The Kier molecular flexibility index (Phi) is 11.4. The third-order valence-corrected chi connectivity index (χ3v) is 5.65. The first-order valence-electron chi connectivity index (χ1n) is 12.4. The van der Waals surface area contributed by atoms with Crippen LogP contribution >= 0.6 is 0 Å². The van der Waals surface area contributed by atoms with Crippen molar-refractivity contribution < 1.29 is 23.7 Å². The number of aromatic nitrogens is 1. The lowest BCUT2D eigenvalue weighted by Gasteiger charge is -2.15. The highest BCUT2D eigenvalue weighted by Crippen LogP contribution is 2.20. The number of hydrogen-bond acceptors (Lipinski definition) is 6. The smallest absolute Gasteiger partial charge is 0.257 e. The van der Waals surface area contributed by atoms with Gasteiger partial charge in [-0.15, -0.1) is 0 Å². The Hall–Kier alpha value is -3.20. The lowest BCUT2D eigenvalue weighted by atomic mass is 10.1. The Morgan fingerprint density at radius 3 is 2.39 bits per heavy atom. The molecule has 0 spiro atoms. The van der Waals surface area contributed by atoms with E-state index in [-0.39, 0.29) is 16.9 Å². The third-order valence-electron chi connectivity index (χ3n) is 5.65. The van der Waals surface area contributed by atoms with Crippen molar-refractivity contribution in [2.24, 2.45) is 0 Å². The predicted octanol–water partition coefficient (Wildman–Crippen LogP) is 3.79. The summed E-state index contributed by atoms with van der Waals surface area (Å²) in [5.41, 5.74) is 1.58. The summed E-state index contributed by atoms with van der Waals surface area (Å²) in [7, 11) is 1.63. The summed E-state index contributed by atoms with van der Waals surface area (Å²) in [6, 6.07) is 15.0. The standard InChI is InChI=1S/C28H36N2O6/c1-3-4-12-30-21-25(28(32)29-20-22-8-6-5-7-9-22)27(31)24-11-10-23(19-26(24)30)36-18-17-35-16-15-34-14-13-33-2/h5-11,19,21H,3-4,12-18,20H2,1-2H3,(H,29,32). The number of carbonyl (C=O) groups is 1. The number of benzene rings is 2. The number of unbranched alkanes of at least 4 members (excludes halogenated alkanes) is 1. The van der Waals surface area contributed by atoms with Gasteiger partial charge < -0.3 is 28.8 Å². The molecule has 0 aliphatic carbocycles. The molecule has 1 heterocycles. The van der Waals surface area contributed by atoms with Crippen molar-refractivity contribution >= 4 is 16.8 Å². The van der Waals surface area contributed by atoms with E-state index in [0.717, 1.165) is 23.9 Å². The summed E-state index contributed by atoms with van der Waals surface area (Å²) in [5, 5.41) is 3.36. The Morgan fingerprint density at radius 1 is 0.944 bits per heavy atom. The number of carbonyl (C=O) groups excluding carboxylic acids is 1. The topological polar surface area (TPSA) is 88.0 Å². The predicted molar refractivity (Wildman–Crippen MR) is 140 cm³/mol. The highest BCUT2D eigenvalue weighted by molar-refractivity contribution is 5.97. The van der Waals surface area contributed by atoms with Crippen molar-refractivity contribution in [2.45, 2.75) is 32.9 Å². The van der Waals surface area contributed by atoms with E-state index in [2.05, 4.69) is 12.2 Å². The molecule has 194 valence electrons. The maximum absolute atomic E-state index is 13.2. The molecule has 0 saturated heterocycles. The van der Waals surface area contributed by atoms with Crippen LogP contribution in [0.3, 0.4) is 0 Å². The monoisotopic (exact) mass is 496 g/mol. The summed E-state index contributed by atoms with van der Waals surface area (Å²) in [6.45, 7) is 6.06. The van der Waals surface area contributed by atoms with Crippen LogP contribution in [-0.2, 0) is 27.3 Å². The molecule has 0 aliphatic heterocycles. The number of nitrogens with zero attached hydrogens (tertiary/aromatic N) is 1. The fourth-order valence-electron chi connectivity index (χ4n) is 3.69. The van der Waals surface area contributed by atoms with Crippen molar-refractivity contribution in [1.29, 1.82) is 0 Å². The van der Waals surface area contributed by atoms with Crippen molar-refractivity contribution in [3.63, 3.8) is 0 Å². The first kappa shape index (κ1) is 27.4. The second-order valence-corrected chi connectivity index (χ2v) is 8.33. The van der Waals surface area contributed by atoms with Gasteiger partial charge in [0.1, 0.15) is 17.9 Å². The Balaban J connectivity index is 1.66. The summed E-state index contributed by atoms with van der Waals surface area (Å²) in [6.07, 6.45) is 3.58. The molecule has 2 aromatic carbocycles. The maximum atomic E-state index is 13.2. The van der Waals surface area contributed by atoms with Gasteiger partial charge in [-0.1, -0.05) is 43.7 Å². The highest BCUT2D eigenvalue weighted by atomic mass is 16.6. The second kappa shape index (κ2) is 15.0. The van der Waals surface area contributed by atoms with Crippen LogP contribution in [0.1, 0.15) is 35.7 Å². The Labute approximate surface area is 212 Å². The van der Waals surface area contributed by atoms with E-state index in [1.165, 1.54) is 0 Å². The number of ether oxygens (including phenoxy) is 4. The zero-order valence-electron chi connectivity index (χ0n) is 21.2. The molecule has 0 saturated carbocycles. The summed E-state index contributed by atoms with van der Waals surface area (Å²) < 4.78 is 23.6. The van der Waals surface area contributed by atoms with Gasteiger partial charge in [-0.05, 0) is 24.1 Å². The van der Waals surface area contributed by atoms with Crippen molar-refractivity contribution in [3.05, 3.63) is 76.1 Å². The molecule has 1 amide bonds. The van der Waals surface area contributed by atoms with Gasteiger partial charge in [0.2, 0.25) is 5.43 Å². The number of aryl methyl sites for hydroxylation is 1. The highest BCUT2D eigenvalue weighted by Gasteiger charge is 2.16. The molecule has 0 bridgehead atoms. The molecule has 0 unspecified atom stereocenters. The van der Waals surface area contributed by atoms with Gasteiger partial charge in [0, 0.05) is 37.8 Å². The van der Waals surface area contributed by atoms with E-state index in [1.807, 2.05) is 41.0 Å². The molecule has 8 heteroatoms. The van der Waals surface area contributed by atoms with Gasteiger partial charge in [0.25, 0.3) is 5.91 Å². The minimum Gasteiger partial charge on any atom is -0.491 e. The van der Waals surface area contributed by atoms with Gasteiger partial charge in [-0.2, -0.15) is 0 Å². The van der Waals surface area contributed by atoms with Crippen LogP contribution < -0.4 is 15.5 Å². The van der Waals surface area contributed by atoms with Gasteiger partial charge in [-0.3, -0.25) is 9.59 Å². The molecule has 3 aromatic rings. The van der Waals surface area contributed by atoms with E-state index < -0.39 is 0 Å². The average molecular weight is 497 g/mol. The number of rotatable bonds is 16. The lowest BCUT2D eigenvalue weighted by Crippen LogP contribution is -2.29. The summed E-state index contributed by atoms with van der Waals surface area (Å²) in [4.78, 5) is 26.1. The van der Waals surface area contributed by atoms with Gasteiger partial charge >= 0.3 is 0 Å². The van der Waals surface area contributed by atoms with E-state index >= 15 is 0 Å². The van der Waals surface area contributed by atoms with E-state index in [0.29, 0.717) is 63.9 Å². The number of fused-ring (bicyclic) bond motifs is 1. The molecule has 8 nitrogen and oxygen atoms in total. The van der Waals surface area contributed by atoms with Crippen LogP contribution in [0, 0.1) is 0 Å². The largest absolute Gasteiger partial charge is 0.491 e. The molecule has 0 atom stereocenters. The summed E-state index contributed by atoms with van der Waals surface area (Å²) in [5.74, 6) is 0.271. The van der Waals surface area contributed by atoms with Crippen LogP contribution in [0.25, 0.3) is 10.9 Å². The number of hydrogen-bond donors (Lipinski definition) is 1. The van der Waals surface area contributed by atoms with Crippen LogP contribution in [0.2, 0.25) is 0 Å².